The summed E-state index contributed by atoms with van der Waals surface area (Å²) in [5.74, 6) is -1.39. The number of carbonyl (C=O) groups excluding carboxylic acids is 4. The van der Waals surface area contributed by atoms with Crippen LogP contribution in [0.3, 0.4) is 0 Å². The molecule has 0 radical (unpaired) electrons. The summed E-state index contributed by atoms with van der Waals surface area (Å²) in [5, 5.41) is 10.6. The van der Waals surface area contributed by atoms with Crippen LogP contribution in [0.1, 0.15) is 369 Å². The molecule has 0 aliphatic heterocycles. The molecule has 17 nitrogen and oxygen atoms in total. The summed E-state index contributed by atoms with van der Waals surface area (Å²) in [6.07, 6.45) is 51.2. The molecule has 0 aliphatic rings. The Kier molecular flexibility index (Phi) is 63.0. The van der Waals surface area contributed by atoms with Gasteiger partial charge in [-0.25, -0.2) is 9.13 Å². The van der Waals surface area contributed by atoms with Crippen LogP contribution in [0.4, 0.5) is 0 Å². The second-order valence-electron chi connectivity index (χ2n) is 25.9. The normalized spacial score (nSPS) is 14.4. The summed E-state index contributed by atoms with van der Waals surface area (Å²) in [6, 6.07) is 0. The van der Waals surface area contributed by atoms with Gasteiger partial charge in [0.25, 0.3) is 0 Å². The number of esters is 4. The highest BCUT2D eigenvalue weighted by atomic mass is 31.2. The van der Waals surface area contributed by atoms with E-state index in [4.69, 9.17) is 37.0 Å². The zero-order valence-corrected chi connectivity index (χ0v) is 60.1. The van der Waals surface area contributed by atoms with Crippen molar-refractivity contribution in [2.75, 3.05) is 39.6 Å². The van der Waals surface area contributed by atoms with E-state index in [9.17, 15) is 43.2 Å². The van der Waals surface area contributed by atoms with Gasteiger partial charge in [-0.2, -0.15) is 0 Å². The van der Waals surface area contributed by atoms with E-state index in [2.05, 4.69) is 34.6 Å². The number of rotatable bonds is 71. The topological polar surface area (TPSA) is 237 Å². The van der Waals surface area contributed by atoms with Gasteiger partial charge in [0, 0.05) is 25.7 Å². The molecule has 90 heavy (non-hydrogen) atoms. The first-order valence-electron chi connectivity index (χ1n) is 37.2. The Morgan fingerprint density at radius 2 is 0.533 bits per heavy atom. The molecular formula is C71H138O17P2. The van der Waals surface area contributed by atoms with Crippen LogP contribution in [0.25, 0.3) is 0 Å². The number of unbranched alkanes of at least 4 members (excludes halogenated alkanes) is 42. The minimum absolute atomic E-state index is 0.107. The molecule has 0 aromatic rings. The lowest BCUT2D eigenvalue weighted by atomic mass is 10.00. The molecule has 0 bridgehead atoms. The first-order chi connectivity index (χ1) is 43.6. The van der Waals surface area contributed by atoms with Crippen molar-refractivity contribution in [1.82, 2.24) is 0 Å². The molecule has 0 saturated heterocycles. The first kappa shape index (κ1) is 88.1. The first-order valence-corrected chi connectivity index (χ1v) is 40.2. The van der Waals surface area contributed by atoms with Gasteiger partial charge in [0.05, 0.1) is 26.4 Å². The molecule has 0 rings (SSSR count). The Morgan fingerprint density at radius 1 is 0.311 bits per heavy atom. The Hall–Kier alpha value is -1.94. The van der Waals surface area contributed by atoms with Gasteiger partial charge >= 0.3 is 39.5 Å². The lowest BCUT2D eigenvalue weighted by Gasteiger charge is -2.21. The predicted molar refractivity (Wildman–Crippen MR) is 363 cm³/mol. The van der Waals surface area contributed by atoms with E-state index in [0.29, 0.717) is 25.7 Å². The zero-order valence-electron chi connectivity index (χ0n) is 58.3. The van der Waals surface area contributed by atoms with Crippen molar-refractivity contribution < 1.29 is 80.2 Å². The van der Waals surface area contributed by atoms with Crippen molar-refractivity contribution in [3.8, 4) is 0 Å². The molecule has 0 amide bonds. The molecule has 0 saturated carbocycles. The third-order valence-electron chi connectivity index (χ3n) is 16.9. The molecule has 534 valence electrons. The number of ether oxygens (including phenoxy) is 4. The quantitative estimate of drug-likeness (QED) is 0.0222. The van der Waals surface area contributed by atoms with Crippen LogP contribution in [-0.2, 0) is 65.4 Å². The zero-order chi connectivity index (χ0) is 66.3. The van der Waals surface area contributed by atoms with Crippen LogP contribution in [0.2, 0.25) is 0 Å². The highest BCUT2D eigenvalue weighted by Gasteiger charge is 2.30. The SMILES string of the molecule is CCCCCCCCCCCCCCCCC(=O)O[C@H](COC(=O)CCCCCCCCCCCCCCC)COP(=O)(O)OC[C@@H](O)COP(=O)(O)OC[C@@H](COC(=O)CCCCCCCCC(C)CC)OC(=O)CCCCCCCCCCCCCCC. The van der Waals surface area contributed by atoms with Gasteiger partial charge in [0.1, 0.15) is 19.3 Å². The molecule has 0 aromatic heterocycles. The van der Waals surface area contributed by atoms with Gasteiger partial charge in [0.15, 0.2) is 12.2 Å². The highest BCUT2D eigenvalue weighted by molar-refractivity contribution is 7.47. The second-order valence-corrected chi connectivity index (χ2v) is 28.8. The molecule has 0 fully saturated rings. The largest absolute Gasteiger partial charge is 0.472 e. The van der Waals surface area contributed by atoms with Gasteiger partial charge in [-0.3, -0.25) is 37.3 Å². The molecule has 3 N–H and O–H groups in total. The summed E-state index contributed by atoms with van der Waals surface area (Å²) in [5.41, 5.74) is 0. The molecule has 0 aliphatic carbocycles. The predicted octanol–water partition coefficient (Wildman–Crippen LogP) is 20.5. The standard InChI is InChI=1S/C71H138O17P2/c1-6-10-13-16-19-22-25-28-31-34-37-40-47-52-57-70(75)87-66(60-81-68(73)54-49-44-38-35-32-29-26-23-20-17-14-11-7-2)62-85-89(77,78)83-58-65(72)59-84-90(79,80)86-63-67(61-82-69(74)55-50-45-42-41-43-48-53-64(5)9-4)88-71(76)56-51-46-39-36-33-30-27-24-21-18-15-12-8-3/h64-67,72H,6-63H2,1-5H3,(H,77,78)(H,79,80)/t64?,65-,66-,67-/m1/s1. The maximum atomic E-state index is 13.0. The Morgan fingerprint density at radius 3 is 0.789 bits per heavy atom. The van der Waals surface area contributed by atoms with Crippen LogP contribution in [0.15, 0.2) is 0 Å². The van der Waals surface area contributed by atoms with E-state index in [1.165, 1.54) is 186 Å². The van der Waals surface area contributed by atoms with Gasteiger partial charge in [-0.15, -0.1) is 0 Å². The molecule has 0 aromatic carbocycles. The monoisotopic (exact) mass is 1320 g/mol. The lowest BCUT2D eigenvalue weighted by molar-refractivity contribution is -0.161. The highest BCUT2D eigenvalue weighted by Crippen LogP contribution is 2.45. The van der Waals surface area contributed by atoms with Crippen molar-refractivity contribution in [3.63, 3.8) is 0 Å². The van der Waals surface area contributed by atoms with Crippen molar-refractivity contribution in [3.05, 3.63) is 0 Å². The number of hydrogen-bond donors (Lipinski definition) is 3. The smallest absolute Gasteiger partial charge is 0.462 e. The molecule has 19 heteroatoms. The molecule has 0 heterocycles. The van der Waals surface area contributed by atoms with Gasteiger partial charge < -0.3 is 33.8 Å². The average Bonchev–Trinajstić information content (AvgIpc) is 3.74. The van der Waals surface area contributed by atoms with Crippen molar-refractivity contribution in [2.45, 2.75) is 387 Å². The Labute approximate surface area is 549 Å². The average molecular weight is 1330 g/mol. The maximum absolute atomic E-state index is 13.0. The van der Waals surface area contributed by atoms with Crippen LogP contribution >= 0.6 is 15.6 Å². The summed E-state index contributed by atoms with van der Waals surface area (Å²) < 4.78 is 68.3. The number of phosphoric acid groups is 2. The van der Waals surface area contributed by atoms with E-state index >= 15 is 0 Å². The molecule has 6 atom stereocenters. The van der Waals surface area contributed by atoms with Gasteiger partial charge in [-0.1, -0.05) is 317 Å². The molecule has 3 unspecified atom stereocenters. The van der Waals surface area contributed by atoms with Crippen LogP contribution in [-0.4, -0.2) is 96.7 Å². The van der Waals surface area contributed by atoms with E-state index in [1.807, 2.05) is 0 Å². The minimum Gasteiger partial charge on any atom is -0.462 e. The number of aliphatic hydroxyl groups is 1. The van der Waals surface area contributed by atoms with Gasteiger partial charge in [-0.05, 0) is 31.6 Å². The maximum Gasteiger partial charge on any atom is 0.472 e. The van der Waals surface area contributed by atoms with E-state index in [1.54, 1.807) is 0 Å². The minimum atomic E-state index is -4.95. The van der Waals surface area contributed by atoms with Crippen LogP contribution in [0.5, 0.6) is 0 Å². The molecular weight excluding hydrogens is 1190 g/mol. The van der Waals surface area contributed by atoms with Crippen molar-refractivity contribution in [2.24, 2.45) is 5.92 Å². The summed E-state index contributed by atoms with van der Waals surface area (Å²) >= 11 is 0. The van der Waals surface area contributed by atoms with Crippen molar-refractivity contribution in [1.29, 1.82) is 0 Å². The third kappa shape index (κ3) is 63.5. The van der Waals surface area contributed by atoms with Crippen molar-refractivity contribution >= 4 is 39.5 Å². The molecule has 0 spiro atoms. The lowest BCUT2D eigenvalue weighted by Crippen LogP contribution is -2.30. The van der Waals surface area contributed by atoms with E-state index < -0.39 is 97.5 Å². The Bertz CT molecular complexity index is 1740. The van der Waals surface area contributed by atoms with E-state index in [0.717, 1.165) is 102 Å². The summed E-state index contributed by atoms with van der Waals surface area (Å²) in [4.78, 5) is 72.6. The second kappa shape index (κ2) is 64.4. The fourth-order valence-electron chi connectivity index (χ4n) is 10.8. The van der Waals surface area contributed by atoms with Crippen LogP contribution < -0.4 is 0 Å². The summed E-state index contributed by atoms with van der Waals surface area (Å²) in [6.45, 7) is 7.23. The number of carbonyl (C=O) groups is 4. The van der Waals surface area contributed by atoms with Crippen LogP contribution in [0, 0.1) is 5.92 Å². The summed E-state index contributed by atoms with van der Waals surface area (Å²) in [7, 11) is -9.90. The van der Waals surface area contributed by atoms with E-state index in [-0.39, 0.29) is 25.7 Å². The number of aliphatic hydroxyl groups excluding tert-OH is 1. The Balaban J connectivity index is 5.25. The fraction of sp³-hybridized carbons (Fsp3) is 0.944. The van der Waals surface area contributed by atoms with Gasteiger partial charge in [0.2, 0.25) is 0 Å². The third-order valence-corrected chi connectivity index (χ3v) is 18.8. The number of phosphoric ester groups is 2. The fourth-order valence-corrected chi connectivity index (χ4v) is 12.4. The number of hydrogen-bond acceptors (Lipinski definition) is 15.